The summed E-state index contributed by atoms with van der Waals surface area (Å²) in [5.41, 5.74) is 0.986. The maximum Gasteiger partial charge on any atom is 0.209 e. The predicted octanol–water partition coefficient (Wildman–Crippen LogP) is 0.881. The topological polar surface area (TPSA) is 74.7 Å². The Balaban J connectivity index is 2.41. The summed E-state index contributed by atoms with van der Waals surface area (Å²) in [7, 11) is 0. The number of aromatic nitrogens is 4. The third-order valence-corrected chi connectivity index (χ3v) is 1.56. The number of nitrogens with zero attached hydrogens (tertiary/aromatic N) is 3. The minimum atomic E-state index is 0.0131. The number of nitrogens with one attached hydrogen (secondary N) is 1. The highest BCUT2D eigenvalue weighted by Crippen LogP contribution is 2.12. The molecule has 0 aromatic carbocycles. The van der Waals surface area contributed by atoms with Gasteiger partial charge in [0.15, 0.2) is 11.6 Å². The lowest BCUT2D eigenvalue weighted by Crippen LogP contribution is -1.90. The van der Waals surface area contributed by atoms with Gasteiger partial charge in [0.1, 0.15) is 0 Å². The van der Waals surface area contributed by atoms with Crippen molar-refractivity contribution in [1.29, 1.82) is 0 Å². The number of rotatable bonds is 1. The zero-order valence-corrected chi connectivity index (χ0v) is 7.02. The molecule has 0 saturated heterocycles. The van der Waals surface area contributed by atoms with Gasteiger partial charge in [-0.3, -0.25) is 0 Å². The molecule has 0 amide bonds. The maximum atomic E-state index is 9.00. The molecule has 0 aliphatic rings. The van der Waals surface area contributed by atoms with Gasteiger partial charge in [-0.05, 0) is 12.5 Å². The molecule has 2 N–H and O–H groups in total. The average molecular weight is 176 g/mol. The number of H-pyrrole nitrogens is 1. The van der Waals surface area contributed by atoms with Crippen molar-refractivity contribution in [3.8, 4) is 17.5 Å². The van der Waals surface area contributed by atoms with Crippen LogP contribution in [-0.4, -0.2) is 25.0 Å². The Kier molecular flexibility index (Phi) is 1.70. The van der Waals surface area contributed by atoms with Gasteiger partial charge >= 0.3 is 0 Å². The highest BCUT2D eigenvalue weighted by Gasteiger charge is 2.04. The number of aromatic amines is 1. The van der Waals surface area contributed by atoms with Crippen LogP contribution >= 0.6 is 0 Å². The Morgan fingerprint density at radius 1 is 1.15 bits per heavy atom. The normalized spacial score (nSPS) is 10.2. The average Bonchev–Trinajstić information content (AvgIpc) is 2.53. The van der Waals surface area contributed by atoms with Crippen molar-refractivity contribution in [3.63, 3.8) is 0 Å². The van der Waals surface area contributed by atoms with Gasteiger partial charge in [-0.1, -0.05) is 0 Å². The van der Waals surface area contributed by atoms with Gasteiger partial charge in [0, 0.05) is 12.4 Å². The first-order valence-electron chi connectivity index (χ1n) is 3.79. The first-order valence-corrected chi connectivity index (χ1v) is 3.79. The van der Waals surface area contributed by atoms with Crippen molar-refractivity contribution in [1.82, 2.24) is 19.9 Å². The number of hydrogen-bond donors (Lipinski definition) is 2. The molecule has 2 heterocycles. The molecule has 2 rings (SSSR count). The second-order valence-corrected chi connectivity index (χ2v) is 2.70. The molecule has 0 saturated carbocycles. The van der Waals surface area contributed by atoms with Gasteiger partial charge in [0.2, 0.25) is 5.88 Å². The van der Waals surface area contributed by atoms with Crippen molar-refractivity contribution in [2.75, 3.05) is 0 Å². The van der Waals surface area contributed by atoms with E-state index in [4.69, 9.17) is 5.11 Å². The molecular weight excluding hydrogens is 168 g/mol. The Hall–Kier alpha value is -1.91. The van der Waals surface area contributed by atoms with Gasteiger partial charge in [0.25, 0.3) is 0 Å². The second kappa shape index (κ2) is 2.85. The van der Waals surface area contributed by atoms with Gasteiger partial charge in [-0.2, -0.15) is 0 Å². The maximum absolute atomic E-state index is 9.00. The van der Waals surface area contributed by atoms with E-state index in [9.17, 15) is 0 Å². The molecule has 2 aromatic heterocycles. The van der Waals surface area contributed by atoms with Gasteiger partial charge < -0.3 is 10.1 Å². The SMILES string of the molecule is Cc1cnc(-c2ncc(O)[nH]2)nc1. The van der Waals surface area contributed by atoms with Crippen molar-refractivity contribution < 1.29 is 5.11 Å². The van der Waals surface area contributed by atoms with Crippen molar-refractivity contribution in [2.24, 2.45) is 0 Å². The standard InChI is InChI=1S/C8H8N4O/c1-5-2-9-7(10-3-5)8-11-4-6(13)12-8/h2-4,13H,1H3,(H,11,12). The fraction of sp³-hybridized carbons (Fsp3) is 0.125. The minimum absolute atomic E-state index is 0.0131. The minimum Gasteiger partial charge on any atom is -0.493 e. The van der Waals surface area contributed by atoms with Crippen LogP contribution < -0.4 is 0 Å². The lowest BCUT2D eigenvalue weighted by Gasteiger charge is -1.94. The molecule has 0 bridgehead atoms. The van der Waals surface area contributed by atoms with E-state index in [0.29, 0.717) is 11.6 Å². The van der Waals surface area contributed by atoms with Crippen molar-refractivity contribution in [3.05, 3.63) is 24.2 Å². The quantitative estimate of drug-likeness (QED) is 0.676. The number of imidazole rings is 1. The molecular formula is C8H8N4O. The molecule has 0 unspecified atom stereocenters. The fourth-order valence-electron chi connectivity index (χ4n) is 0.940. The van der Waals surface area contributed by atoms with E-state index in [0.717, 1.165) is 5.56 Å². The summed E-state index contributed by atoms with van der Waals surface area (Å²) in [5.74, 6) is 0.961. The van der Waals surface area contributed by atoms with E-state index >= 15 is 0 Å². The summed E-state index contributed by atoms with van der Waals surface area (Å²) in [6.07, 6.45) is 4.71. The first-order chi connectivity index (χ1) is 6.25. The molecule has 2 aromatic rings. The zero-order valence-electron chi connectivity index (χ0n) is 7.02. The molecule has 13 heavy (non-hydrogen) atoms. The third kappa shape index (κ3) is 1.48. The van der Waals surface area contributed by atoms with E-state index in [1.807, 2.05) is 6.92 Å². The third-order valence-electron chi connectivity index (χ3n) is 1.56. The van der Waals surface area contributed by atoms with E-state index < -0.39 is 0 Å². The van der Waals surface area contributed by atoms with E-state index in [1.54, 1.807) is 12.4 Å². The molecule has 66 valence electrons. The Labute approximate surface area is 74.5 Å². The molecule has 0 aliphatic carbocycles. The molecule has 0 radical (unpaired) electrons. The summed E-state index contributed by atoms with van der Waals surface area (Å²) in [4.78, 5) is 14.6. The smallest absolute Gasteiger partial charge is 0.209 e. The lowest BCUT2D eigenvalue weighted by molar-refractivity contribution is 0.457. The molecule has 5 heteroatoms. The van der Waals surface area contributed by atoms with Gasteiger partial charge in [-0.15, -0.1) is 0 Å². The van der Waals surface area contributed by atoms with Crippen LogP contribution in [0.1, 0.15) is 5.56 Å². The Bertz CT molecular complexity index is 406. The number of hydrogen-bond acceptors (Lipinski definition) is 4. The van der Waals surface area contributed by atoms with E-state index in [2.05, 4.69) is 19.9 Å². The van der Waals surface area contributed by atoms with Crippen LogP contribution in [0.15, 0.2) is 18.6 Å². The molecule has 0 fully saturated rings. The number of aryl methyl sites for hydroxylation is 1. The van der Waals surface area contributed by atoms with Crippen LogP contribution in [0.2, 0.25) is 0 Å². The summed E-state index contributed by atoms with van der Waals surface area (Å²) in [6, 6.07) is 0. The van der Waals surface area contributed by atoms with Crippen molar-refractivity contribution in [2.45, 2.75) is 6.92 Å². The van der Waals surface area contributed by atoms with Gasteiger partial charge in [0.05, 0.1) is 6.20 Å². The monoisotopic (exact) mass is 176 g/mol. The summed E-state index contributed by atoms with van der Waals surface area (Å²) in [6.45, 7) is 1.91. The molecule has 0 aliphatic heterocycles. The van der Waals surface area contributed by atoms with Crippen molar-refractivity contribution >= 4 is 0 Å². The zero-order chi connectivity index (χ0) is 9.26. The highest BCUT2D eigenvalue weighted by atomic mass is 16.3. The summed E-state index contributed by atoms with van der Waals surface area (Å²) < 4.78 is 0. The van der Waals surface area contributed by atoms with Crippen LogP contribution in [0.5, 0.6) is 5.88 Å². The summed E-state index contributed by atoms with van der Waals surface area (Å²) in [5, 5.41) is 9.00. The lowest BCUT2D eigenvalue weighted by atomic mass is 10.4. The van der Waals surface area contributed by atoms with E-state index in [1.165, 1.54) is 6.20 Å². The Morgan fingerprint density at radius 2 is 1.85 bits per heavy atom. The van der Waals surface area contributed by atoms with Crippen LogP contribution in [-0.2, 0) is 0 Å². The number of aromatic hydroxyl groups is 1. The molecule has 0 atom stereocenters. The van der Waals surface area contributed by atoms with Crippen LogP contribution in [0.3, 0.4) is 0 Å². The van der Waals surface area contributed by atoms with Crippen LogP contribution in [0.4, 0.5) is 0 Å². The molecule has 5 nitrogen and oxygen atoms in total. The Morgan fingerprint density at radius 3 is 2.38 bits per heavy atom. The first kappa shape index (κ1) is 7.72. The predicted molar refractivity (Wildman–Crippen MR) is 46.0 cm³/mol. The van der Waals surface area contributed by atoms with Crippen LogP contribution in [0, 0.1) is 6.92 Å². The molecule has 0 spiro atoms. The largest absolute Gasteiger partial charge is 0.493 e. The fourth-order valence-corrected chi connectivity index (χ4v) is 0.940. The van der Waals surface area contributed by atoms with Gasteiger partial charge in [-0.25, -0.2) is 15.0 Å². The highest BCUT2D eigenvalue weighted by molar-refractivity contribution is 5.43. The van der Waals surface area contributed by atoms with E-state index in [-0.39, 0.29) is 5.88 Å². The van der Waals surface area contributed by atoms with Crippen LogP contribution in [0.25, 0.3) is 11.6 Å². The summed E-state index contributed by atoms with van der Waals surface area (Å²) >= 11 is 0. The second-order valence-electron chi connectivity index (χ2n) is 2.70.